The minimum absolute atomic E-state index is 0.102. The Hall–Kier alpha value is -1.42. The second-order valence-electron chi connectivity index (χ2n) is 3.41. The summed E-state index contributed by atoms with van der Waals surface area (Å²) in [7, 11) is 3.91. The van der Waals surface area contributed by atoms with Gasteiger partial charge in [0.15, 0.2) is 0 Å². The van der Waals surface area contributed by atoms with Crippen LogP contribution in [0.1, 0.15) is 15.9 Å². The summed E-state index contributed by atoms with van der Waals surface area (Å²) in [4.78, 5) is 13.8. The van der Waals surface area contributed by atoms with Crippen molar-refractivity contribution in [2.45, 2.75) is 0 Å². The van der Waals surface area contributed by atoms with Gasteiger partial charge in [-0.3, -0.25) is 4.79 Å². The SMILES string of the molecule is CN(C)c1ccc2c(c1)C(=S)NC2=O. The highest BCUT2D eigenvalue weighted by Gasteiger charge is 2.23. The van der Waals surface area contributed by atoms with Gasteiger partial charge in [-0.15, -0.1) is 0 Å². The van der Waals surface area contributed by atoms with Crippen molar-refractivity contribution in [3.05, 3.63) is 29.3 Å². The van der Waals surface area contributed by atoms with Crippen LogP contribution in [0.5, 0.6) is 0 Å². The second-order valence-corrected chi connectivity index (χ2v) is 3.82. The lowest BCUT2D eigenvalue weighted by Crippen LogP contribution is -2.18. The molecule has 0 aromatic heterocycles. The standard InChI is InChI=1S/C10H10N2OS/c1-12(2)6-3-4-7-8(5-6)10(14)11-9(7)13/h3-5H,1-2H3,(H,11,13,14). The highest BCUT2D eigenvalue weighted by molar-refractivity contribution is 7.80. The maximum absolute atomic E-state index is 11.3. The molecule has 1 aromatic rings. The zero-order chi connectivity index (χ0) is 10.3. The zero-order valence-corrected chi connectivity index (χ0v) is 8.81. The van der Waals surface area contributed by atoms with Gasteiger partial charge in [0.1, 0.15) is 4.99 Å². The molecule has 3 nitrogen and oxygen atoms in total. The van der Waals surface area contributed by atoms with Crippen molar-refractivity contribution >= 4 is 28.8 Å². The van der Waals surface area contributed by atoms with E-state index in [9.17, 15) is 4.79 Å². The average Bonchev–Trinajstić information content (AvgIpc) is 2.42. The molecule has 0 spiro atoms. The minimum Gasteiger partial charge on any atom is -0.378 e. The minimum atomic E-state index is -0.102. The number of carbonyl (C=O) groups excluding carboxylic acids is 1. The third-order valence-corrected chi connectivity index (χ3v) is 2.56. The number of rotatable bonds is 1. The van der Waals surface area contributed by atoms with Crippen molar-refractivity contribution in [3.63, 3.8) is 0 Å². The van der Waals surface area contributed by atoms with E-state index in [-0.39, 0.29) is 5.91 Å². The van der Waals surface area contributed by atoms with Crippen molar-refractivity contribution in [2.75, 3.05) is 19.0 Å². The van der Waals surface area contributed by atoms with Gasteiger partial charge in [-0.05, 0) is 18.2 Å². The molecule has 0 radical (unpaired) electrons. The molecule has 1 aromatic carbocycles. The van der Waals surface area contributed by atoms with Gasteiger partial charge in [0.2, 0.25) is 0 Å². The third-order valence-electron chi connectivity index (χ3n) is 2.24. The molecule has 1 heterocycles. The number of fused-ring (bicyclic) bond motifs is 1. The molecule has 1 N–H and O–H groups in total. The van der Waals surface area contributed by atoms with Crippen LogP contribution in [0.15, 0.2) is 18.2 Å². The summed E-state index contributed by atoms with van der Waals surface area (Å²) in [5.41, 5.74) is 2.54. The topological polar surface area (TPSA) is 32.3 Å². The van der Waals surface area contributed by atoms with Gasteiger partial charge in [0.25, 0.3) is 5.91 Å². The molecular weight excluding hydrogens is 196 g/mol. The van der Waals surface area contributed by atoms with Gasteiger partial charge in [0, 0.05) is 25.3 Å². The molecule has 4 heteroatoms. The van der Waals surface area contributed by atoms with Crippen LogP contribution >= 0.6 is 12.2 Å². The Morgan fingerprint density at radius 3 is 2.64 bits per heavy atom. The van der Waals surface area contributed by atoms with E-state index in [1.165, 1.54) is 0 Å². The molecule has 1 aliphatic heterocycles. The average molecular weight is 206 g/mol. The van der Waals surface area contributed by atoms with Crippen LogP contribution in [0.25, 0.3) is 0 Å². The summed E-state index contributed by atoms with van der Waals surface area (Å²) < 4.78 is 0. The Kier molecular flexibility index (Phi) is 2.00. The molecule has 0 bridgehead atoms. The van der Waals surface area contributed by atoms with Crippen LogP contribution in [0.4, 0.5) is 5.69 Å². The summed E-state index contributed by atoms with van der Waals surface area (Å²) in [6.45, 7) is 0. The number of anilines is 1. The highest BCUT2D eigenvalue weighted by Crippen LogP contribution is 2.21. The summed E-state index contributed by atoms with van der Waals surface area (Å²) in [5, 5.41) is 2.62. The van der Waals surface area contributed by atoms with Gasteiger partial charge in [-0.25, -0.2) is 0 Å². The molecule has 0 aliphatic carbocycles. The van der Waals surface area contributed by atoms with E-state index in [1.807, 2.05) is 31.1 Å². The Labute approximate surface area is 87.7 Å². The van der Waals surface area contributed by atoms with Crippen LogP contribution in [-0.2, 0) is 0 Å². The Bertz CT molecular complexity index is 426. The van der Waals surface area contributed by atoms with Crippen LogP contribution in [0.3, 0.4) is 0 Å². The van der Waals surface area contributed by atoms with Gasteiger partial charge in [-0.1, -0.05) is 12.2 Å². The fourth-order valence-corrected chi connectivity index (χ4v) is 1.70. The lowest BCUT2D eigenvalue weighted by molar-refractivity contribution is 0.0984. The monoisotopic (exact) mass is 206 g/mol. The number of amides is 1. The maximum atomic E-state index is 11.3. The van der Waals surface area contributed by atoms with Crippen molar-refractivity contribution in [1.29, 1.82) is 0 Å². The highest BCUT2D eigenvalue weighted by atomic mass is 32.1. The number of benzene rings is 1. The first-order valence-corrected chi connectivity index (χ1v) is 4.67. The Balaban J connectivity index is 2.55. The zero-order valence-electron chi connectivity index (χ0n) is 8.00. The van der Waals surface area contributed by atoms with Crippen LogP contribution < -0.4 is 10.2 Å². The van der Waals surface area contributed by atoms with Crippen molar-refractivity contribution in [2.24, 2.45) is 0 Å². The first kappa shape index (κ1) is 9.15. The fraction of sp³-hybridized carbons (Fsp3) is 0.200. The molecule has 0 fully saturated rings. The van der Waals surface area contributed by atoms with Crippen LogP contribution in [0, 0.1) is 0 Å². The van der Waals surface area contributed by atoms with Crippen molar-refractivity contribution in [3.8, 4) is 0 Å². The molecule has 0 unspecified atom stereocenters. The lowest BCUT2D eigenvalue weighted by Gasteiger charge is -2.12. The predicted octanol–water partition coefficient (Wildman–Crippen LogP) is 1.17. The van der Waals surface area contributed by atoms with Crippen LogP contribution in [0.2, 0.25) is 0 Å². The molecule has 0 saturated carbocycles. The van der Waals surface area contributed by atoms with E-state index >= 15 is 0 Å². The number of carbonyl (C=O) groups is 1. The van der Waals surface area contributed by atoms with E-state index in [1.54, 1.807) is 6.07 Å². The molecule has 1 amide bonds. The van der Waals surface area contributed by atoms with Gasteiger partial charge in [0.05, 0.1) is 5.56 Å². The molecular formula is C10H10N2OS. The predicted molar refractivity (Wildman–Crippen MR) is 59.9 cm³/mol. The normalized spacial score (nSPS) is 13.9. The lowest BCUT2D eigenvalue weighted by atomic mass is 10.1. The Morgan fingerprint density at radius 2 is 2.00 bits per heavy atom. The number of nitrogens with one attached hydrogen (secondary N) is 1. The summed E-state index contributed by atoms with van der Waals surface area (Å²) in [5.74, 6) is -0.102. The largest absolute Gasteiger partial charge is 0.378 e. The maximum Gasteiger partial charge on any atom is 0.257 e. The van der Waals surface area contributed by atoms with E-state index in [4.69, 9.17) is 12.2 Å². The molecule has 0 atom stereocenters. The number of hydrogen-bond acceptors (Lipinski definition) is 3. The fourth-order valence-electron chi connectivity index (χ4n) is 1.43. The van der Waals surface area contributed by atoms with E-state index in [0.717, 1.165) is 11.3 Å². The van der Waals surface area contributed by atoms with E-state index in [0.29, 0.717) is 10.6 Å². The summed E-state index contributed by atoms with van der Waals surface area (Å²) in [6, 6.07) is 5.64. The van der Waals surface area contributed by atoms with Gasteiger partial charge in [-0.2, -0.15) is 0 Å². The van der Waals surface area contributed by atoms with Gasteiger partial charge < -0.3 is 10.2 Å². The van der Waals surface area contributed by atoms with Crippen molar-refractivity contribution in [1.82, 2.24) is 5.32 Å². The molecule has 14 heavy (non-hydrogen) atoms. The first-order chi connectivity index (χ1) is 6.59. The van der Waals surface area contributed by atoms with E-state index < -0.39 is 0 Å². The second kappa shape index (κ2) is 3.06. The Morgan fingerprint density at radius 1 is 1.29 bits per heavy atom. The third kappa shape index (κ3) is 1.28. The smallest absolute Gasteiger partial charge is 0.257 e. The summed E-state index contributed by atoms with van der Waals surface area (Å²) >= 11 is 5.05. The first-order valence-electron chi connectivity index (χ1n) is 4.26. The molecule has 2 rings (SSSR count). The quantitative estimate of drug-likeness (QED) is 0.700. The number of thiocarbonyl (C=S) groups is 1. The van der Waals surface area contributed by atoms with Gasteiger partial charge >= 0.3 is 0 Å². The molecule has 1 aliphatic rings. The van der Waals surface area contributed by atoms with E-state index in [2.05, 4.69) is 5.32 Å². The van der Waals surface area contributed by atoms with Crippen LogP contribution in [-0.4, -0.2) is 25.0 Å². The number of nitrogens with zero attached hydrogens (tertiary/aromatic N) is 1. The number of hydrogen-bond donors (Lipinski definition) is 1. The summed E-state index contributed by atoms with van der Waals surface area (Å²) in [6.07, 6.45) is 0. The molecule has 72 valence electrons. The molecule has 0 saturated heterocycles. The van der Waals surface area contributed by atoms with Crippen molar-refractivity contribution < 1.29 is 4.79 Å².